The summed E-state index contributed by atoms with van der Waals surface area (Å²) >= 11 is 0. The molecule has 0 atom stereocenters. The van der Waals surface area contributed by atoms with Crippen LogP contribution in [0.25, 0.3) is 5.69 Å². The molecule has 1 aromatic heterocycles. The van der Waals surface area contributed by atoms with Gasteiger partial charge in [-0.25, -0.2) is 0 Å². The summed E-state index contributed by atoms with van der Waals surface area (Å²) in [6.45, 7) is 4.68. The van der Waals surface area contributed by atoms with Crippen molar-refractivity contribution in [3.63, 3.8) is 0 Å². The van der Waals surface area contributed by atoms with Crippen molar-refractivity contribution in [1.29, 1.82) is 0 Å². The molecule has 2 amide bonds. The van der Waals surface area contributed by atoms with Gasteiger partial charge in [-0.1, -0.05) is 12.1 Å². The normalized spacial score (nSPS) is 13.3. The summed E-state index contributed by atoms with van der Waals surface area (Å²) in [7, 11) is 0. The minimum atomic E-state index is -0.445. The van der Waals surface area contributed by atoms with Crippen LogP contribution in [0, 0.1) is 13.8 Å². The lowest BCUT2D eigenvalue weighted by atomic mass is 10.1. The molecule has 0 spiro atoms. The predicted molar refractivity (Wildman–Crippen MR) is 113 cm³/mol. The van der Waals surface area contributed by atoms with E-state index in [9.17, 15) is 9.59 Å². The average Bonchev–Trinajstić information content (AvgIpc) is 3.51. The van der Waals surface area contributed by atoms with Crippen molar-refractivity contribution >= 4 is 11.8 Å². The van der Waals surface area contributed by atoms with Crippen LogP contribution in [0.1, 0.15) is 50.5 Å². The Labute approximate surface area is 170 Å². The first-order chi connectivity index (χ1) is 13.9. The second-order valence-corrected chi connectivity index (χ2v) is 7.72. The molecule has 0 saturated heterocycles. The van der Waals surface area contributed by atoms with Crippen molar-refractivity contribution in [2.75, 3.05) is 0 Å². The van der Waals surface area contributed by atoms with Crippen LogP contribution in [0.2, 0.25) is 0 Å². The van der Waals surface area contributed by atoms with Gasteiger partial charge in [-0.05, 0) is 80.8 Å². The number of aryl methyl sites for hydroxylation is 2. The van der Waals surface area contributed by atoms with Crippen LogP contribution in [0.3, 0.4) is 0 Å². The summed E-state index contributed by atoms with van der Waals surface area (Å²) < 4.78 is 2.17. The highest BCUT2D eigenvalue weighted by Gasteiger charge is 2.33. The number of carbonyl (C=O) groups is 2. The molecule has 2 N–H and O–H groups in total. The molecule has 0 bridgehead atoms. The van der Waals surface area contributed by atoms with E-state index in [1.807, 2.05) is 41.3 Å². The third-order valence-corrected chi connectivity index (χ3v) is 5.48. The Morgan fingerprint density at radius 3 is 1.97 bits per heavy atom. The SMILES string of the molecule is Cc1ccc(C)n1-c1ccc(C(=O)N(Cc2ccc(C(N)=O)cc2)C2CC2)cc1. The Morgan fingerprint density at radius 2 is 1.45 bits per heavy atom. The Kier molecular flexibility index (Phi) is 4.97. The number of nitrogens with two attached hydrogens (primary N) is 1. The molecule has 1 saturated carbocycles. The number of hydrogen-bond donors (Lipinski definition) is 1. The van der Waals surface area contributed by atoms with Crippen LogP contribution in [-0.4, -0.2) is 27.3 Å². The zero-order valence-corrected chi connectivity index (χ0v) is 16.8. The van der Waals surface area contributed by atoms with Gasteiger partial charge in [-0.3, -0.25) is 9.59 Å². The average molecular weight is 387 g/mol. The highest BCUT2D eigenvalue weighted by molar-refractivity contribution is 5.95. The first kappa shape index (κ1) is 19.0. The summed E-state index contributed by atoms with van der Waals surface area (Å²) in [6.07, 6.45) is 2.07. The van der Waals surface area contributed by atoms with E-state index in [1.54, 1.807) is 12.1 Å². The zero-order valence-electron chi connectivity index (χ0n) is 16.8. The van der Waals surface area contributed by atoms with Crippen molar-refractivity contribution in [2.24, 2.45) is 5.73 Å². The molecule has 3 aromatic rings. The molecule has 1 heterocycles. The number of rotatable bonds is 6. The smallest absolute Gasteiger partial charge is 0.254 e. The topological polar surface area (TPSA) is 68.3 Å². The first-order valence-corrected chi connectivity index (χ1v) is 9.89. The van der Waals surface area contributed by atoms with Gasteiger partial charge in [-0.15, -0.1) is 0 Å². The monoisotopic (exact) mass is 387 g/mol. The summed E-state index contributed by atoms with van der Waals surface area (Å²) in [5.41, 5.74) is 10.9. The molecule has 5 nitrogen and oxygen atoms in total. The van der Waals surface area contributed by atoms with E-state index in [4.69, 9.17) is 5.73 Å². The van der Waals surface area contributed by atoms with Crippen molar-refractivity contribution in [2.45, 2.75) is 39.3 Å². The molecule has 5 heteroatoms. The molecule has 29 heavy (non-hydrogen) atoms. The minimum Gasteiger partial charge on any atom is -0.366 e. The van der Waals surface area contributed by atoms with E-state index in [0.717, 1.165) is 24.1 Å². The summed E-state index contributed by atoms with van der Waals surface area (Å²) in [5.74, 6) is -0.404. The van der Waals surface area contributed by atoms with Crippen LogP contribution >= 0.6 is 0 Å². The Balaban J connectivity index is 1.54. The second kappa shape index (κ2) is 7.59. The van der Waals surface area contributed by atoms with E-state index >= 15 is 0 Å². The molecule has 0 aliphatic heterocycles. The number of benzene rings is 2. The number of amides is 2. The molecule has 0 radical (unpaired) electrons. The molecule has 1 aliphatic rings. The fourth-order valence-corrected chi connectivity index (χ4v) is 3.72. The number of nitrogens with zero attached hydrogens (tertiary/aromatic N) is 2. The standard InChI is InChI=1S/C24H25N3O2/c1-16-3-4-17(2)27(16)22-11-9-20(10-12-22)24(29)26(21-13-14-21)15-18-5-7-19(8-6-18)23(25)28/h3-12,21H,13-15H2,1-2H3,(H2,25,28). The van der Waals surface area contributed by atoms with Gasteiger partial charge < -0.3 is 15.2 Å². The van der Waals surface area contributed by atoms with Gasteiger partial charge in [0.1, 0.15) is 0 Å². The molecule has 1 fully saturated rings. The van der Waals surface area contributed by atoms with E-state index in [2.05, 4.69) is 30.5 Å². The van der Waals surface area contributed by atoms with Gasteiger partial charge in [0.05, 0.1) is 0 Å². The number of aromatic nitrogens is 1. The largest absolute Gasteiger partial charge is 0.366 e. The lowest BCUT2D eigenvalue weighted by molar-refractivity contribution is 0.0729. The number of hydrogen-bond acceptors (Lipinski definition) is 2. The van der Waals surface area contributed by atoms with E-state index in [1.165, 1.54) is 11.4 Å². The van der Waals surface area contributed by atoms with Gasteiger partial charge in [-0.2, -0.15) is 0 Å². The predicted octanol–water partition coefficient (Wildman–Crippen LogP) is 4.00. The van der Waals surface area contributed by atoms with Crippen LogP contribution in [0.15, 0.2) is 60.7 Å². The highest BCUT2D eigenvalue weighted by Crippen LogP contribution is 2.30. The Morgan fingerprint density at radius 1 is 0.897 bits per heavy atom. The van der Waals surface area contributed by atoms with Crippen molar-refractivity contribution in [3.8, 4) is 5.69 Å². The zero-order chi connectivity index (χ0) is 20.5. The minimum absolute atomic E-state index is 0.0407. The molecular formula is C24H25N3O2. The first-order valence-electron chi connectivity index (χ1n) is 9.89. The van der Waals surface area contributed by atoms with E-state index < -0.39 is 5.91 Å². The number of primary amides is 1. The molecular weight excluding hydrogens is 362 g/mol. The highest BCUT2D eigenvalue weighted by atomic mass is 16.2. The molecule has 148 valence electrons. The maximum atomic E-state index is 13.2. The van der Waals surface area contributed by atoms with E-state index in [-0.39, 0.29) is 11.9 Å². The summed E-state index contributed by atoms with van der Waals surface area (Å²) in [6, 6.07) is 19.4. The van der Waals surface area contributed by atoms with Gasteiger partial charge in [0.25, 0.3) is 5.91 Å². The van der Waals surface area contributed by atoms with Crippen LogP contribution in [-0.2, 0) is 6.54 Å². The molecule has 4 rings (SSSR count). The van der Waals surface area contributed by atoms with Crippen molar-refractivity contribution < 1.29 is 9.59 Å². The lowest BCUT2D eigenvalue weighted by Gasteiger charge is -2.23. The summed E-state index contributed by atoms with van der Waals surface area (Å²) in [5, 5.41) is 0. The fraction of sp³-hybridized carbons (Fsp3) is 0.250. The molecule has 1 aliphatic carbocycles. The van der Waals surface area contributed by atoms with Gasteiger partial charge in [0.2, 0.25) is 5.91 Å². The van der Waals surface area contributed by atoms with E-state index in [0.29, 0.717) is 17.7 Å². The van der Waals surface area contributed by atoms with Crippen LogP contribution < -0.4 is 5.73 Å². The Bertz CT molecular complexity index is 1030. The number of carbonyl (C=O) groups excluding carboxylic acids is 2. The molecule has 0 unspecified atom stereocenters. The third kappa shape index (κ3) is 3.94. The fourth-order valence-electron chi connectivity index (χ4n) is 3.72. The molecule has 2 aromatic carbocycles. The maximum Gasteiger partial charge on any atom is 0.254 e. The van der Waals surface area contributed by atoms with Crippen molar-refractivity contribution in [3.05, 3.63) is 88.7 Å². The Hall–Kier alpha value is -3.34. The third-order valence-electron chi connectivity index (χ3n) is 5.48. The quantitative estimate of drug-likeness (QED) is 0.695. The van der Waals surface area contributed by atoms with Crippen LogP contribution in [0.4, 0.5) is 0 Å². The maximum absolute atomic E-state index is 13.2. The van der Waals surface area contributed by atoms with Gasteiger partial charge >= 0.3 is 0 Å². The van der Waals surface area contributed by atoms with Crippen LogP contribution in [0.5, 0.6) is 0 Å². The van der Waals surface area contributed by atoms with Gasteiger partial charge in [0.15, 0.2) is 0 Å². The summed E-state index contributed by atoms with van der Waals surface area (Å²) in [4.78, 5) is 26.4. The lowest BCUT2D eigenvalue weighted by Crippen LogP contribution is -2.32. The second-order valence-electron chi connectivity index (χ2n) is 7.72. The van der Waals surface area contributed by atoms with Gasteiger partial charge in [0, 0.05) is 40.8 Å². The van der Waals surface area contributed by atoms with Crippen molar-refractivity contribution in [1.82, 2.24) is 9.47 Å².